The van der Waals surface area contributed by atoms with Crippen LogP contribution in [0.25, 0.3) is 10.9 Å². The zero-order valence-corrected chi connectivity index (χ0v) is 21.2. The number of piperidine rings is 1. The molecule has 2 aromatic carbocycles. The van der Waals surface area contributed by atoms with Gasteiger partial charge in [0.15, 0.2) is 10.9 Å². The Bertz CT molecular complexity index is 1360. The first-order valence-corrected chi connectivity index (χ1v) is 13.5. The van der Waals surface area contributed by atoms with Crippen molar-refractivity contribution in [1.29, 1.82) is 5.26 Å². The van der Waals surface area contributed by atoms with Gasteiger partial charge < -0.3 is 9.13 Å². The Hall–Kier alpha value is -3.41. The fraction of sp³-hybridized carbons (Fsp3) is 0.357. The second-order valence-electron chi connectivity index (χ2n) is 9.18. The SMILES string of the molecule is N#CCCn1cc(C(=O)CSc2nnc(CN3CCCCC3)n2Cc2ccccc2)c2ccccc21. The van der Waals surface area contributed by atoms with E-state index in [0.29, 0.717) is 25.1 Å². The normalized spacial score (nSPS) is 14.2. The van der Waals surface area contributed by atoms with E-state index in [4.69, 9.17) is 5.26 Å². The van der Waals surface area contributed by atoms with Crippen molar-refractivity contribution in [2.75, 3.05) is 18.8 Å². The van der Waals surface area contributed by atoms with Gasteiger partial charge in [-0.2, -0.15) is 5.26 Å². The second kappa shape index (κ2) is 11.5. The van der Waals surface area contributed by atoms with Crippen LogP contribution in [0.1, 0.15) is 47.4 Å². The van der Waals surface area contributed by atoms with Gasteiger partial charge in [0.1, 0.15) is 5.82 Å². The third-order valence-electron chi connectivity index (χ3n) is 6.68. The molecule has 8 heteroatoms. The molecular weight excluding hydrogens is 468 g/mol. The van der Waals surface area contributed by atoms with Crippen molar-refractivity contribution in [3.63, 3.8) is 0 Å². The van der Waals surface area contributed by atoms with Gasteiger partial charge in [0.2, 0.25) is 0 Å². The van der Waals surface area contributed by atoms with Gasteiger partial charge in [-0.15, -0.1) is 10.2 Å². The molecule has 5 rings (SSSR count). The van der Waals surface area contributed by atoms with Gasteiger partial charge in [-0.05, 0) is 37.6 Å². The number of aryl methyl sites for hydroxylation is 1. The fourth-order valence-corrected chi connectivity index (χ4v) is 5.66. The van der Waals surface area contributed by atoms with Gasteiger partial charge in [0.05, 0.1) is 31.3 Å². The Labute approximate surface area is 215 Å². The smallest absolute Gasteiger partial charge is 0.192 e. The lowest BCUT2D eigenvalue weighted by atomic mass is 10.1. The van der Waals surface area contributed by atoms with Gasteiger partial charge in [-0.25, -0.2) is 0 Å². The summed E-state index contributed by atoms with van der Waals surface area (Å²) in [5.41, 5.74) is 2.86. The molecule has 0 saturated carbocycles. The molecule has 4 aromatic rings. The van der Waals surface area contributed by atoms with Crippen molar-refractivity contribution in [2.45, 2.75) is 50.5 Å². The molecule has 3 heterocycles. The minimum atomic E-state index is 0.0544. The molecule has 7 nitrogen and oxygen atoms in total. The summed E-state index contributed by atoms with van der Waals surface area (Å²) in [6.45, 7) is 4.22. The summed E-state index contributed by atoms with van der Waals surface area (Å²) in [7, 11) is 0. The molecule has 0 unspecified atom stereocenters. The number of para-hydroxylation sites is 1. The van der Waals surface area contributed by atoms with E-state index >= 15 is 0 Å². The molecule has 0 radical (unpaired) electrons. The lowest BCUT2D eigenvalue weighted by molar-refractivity contribution is 0.102. The first-order chi connectivity index (χ1) is 17.7. The molecule has 0 spiro atoms. The Morgan fingerprint density at radius 3 is 2.56 bits per heavy atom. The molecule has 0 bridgehead atoms. The Morgan fingerprint density at radius 1 is 0.972 bits per heavy atom. The lowest BCUT2D eigenvalue weighted by Gasteiger charge is -2.26. The first-order valence-electron chi connectivity index (χ1n) is 12.5. The van der Waals surface area contributed by atoms with Crippen molar-refractivity contribution in [3.8, 4) is 6.07 Å². The quantitative estimate of drug-likeness (QED) is 0.222. The minimum Gasteiger partial charge on any atom is -0.346 e. The third kappa shape index (κ3) is 5.53. The zero-order chi connectivity index (χ0) is 24.7. The summed E-state index contributed by atoms with van der Waals surface area (Å²) in [6, 6.07) is 20.4. The van der Waals surface area contributed by atoms with Crippen LogP contribution < -0.4 is 0 Å². The summed E-state index contributed by atoms with van der Waals surface area (Å²) < 4.78 is 4.17. The Morgan fingerprint density at radius 2 is 1.75 bits per heavy atom. The van der Waals surface area contributed by atoms with E-state index in [1.807, 2.05) is 53.2 Å². The summed E-state index contributed by atoms with van der Waals surface area (Å²) in [6.07, 6.45) is 6.05. The molecule has 1 saturated heterocycles. The van der Waals surface area contributed by atoms with E-state index in [9.17, 15) is 4.79 Å². The number of carbonyl (C=O) groups is 1. The molecule has 0 aliphatic carbocycles. The molecule has 1 fully saturated rings. The van der Waals surface area contributed by atoms with E-state index in [1.54, 1.807) is 0 Å². The van der Waals surface area contributed by atoms with Gasteiger partial charge in [0.25, 0.3) is 0 Å². The predicted octanol–water partition coefficient (Wildman–Crippen LogP) is 5.16. The number of thioether (sulfide) groups is 1. The number of aromatic nitrogens is 4. The third-order valence-corrected chi connectivity index (χ3v) is 7.64. The number of benzene rings is 2. The number of likely N-dealkylation sites (tertiary alicyclic amines) is 1. The number of hydrogen-bond acceptors (Lipinski definition) is 6. The highest BCUT2D eigenvalue weighted by molar-refractivity contribution is 7.99. The second-order valence-corrected chi connectivity index (χ2v) is 10.1. The molecule has 0 atom stereocenters. The molecular formula is C28H30N6OS. The maximum absolute atomic E-state index is 13.3. The Balaban J connectivity index is 1.36. The summed E-state index contributed by atoms with van der Waals surface area (Å²) >= 11 is 1.45. The summed E-state index contributed by atoms with van der Waals surface area (Å²) in [5, 5.41) is 19.8. The number of rotatable bonds is 10. The lowest BCUT2D eigenvalue weighted by Crippen LogP contribution is -2.30. The number of hydrogen-bond donors (Lipinski definition) is 0. The van der Waals surface area contributed by atoms with Crippen LogP contribution in [0.4, 0.5) is 0 Å². The summed E-state index contributed by atoms with van der Waals surface area (Å²) in [4.78, 5) is 15.8. The maximum Gasteiger partial charge on any atom is 0.192 e. The van der Waals surface area contributed by atoms with E-state index in [1.165, 1.54) is 36.6 Å². The molecule has 36 heavy (non-hydrogen) atoms. The van der Waals surface area contributed by atoms with Gasteiger partial charge in [0, 0.05) is 29.2 Å². The van der Waals surface area contributed by atoms with Gasteiger partial charge in [-0.3, -0.25) is 9.69 Å². The standard InChI is InChI=1S/C28H30N6OS/c29-14-9-17-33-19-24(23-12-5-6-13-25(23)33)26(35)21-36-28-31-30-27(20-32-15-7-2-8-16-32)34(28)18-22-10-3-1-4-11-22/h1,3-6,10-13,19H,2,7-9,15-18,20-21H2. The van der Waals surface area contributed by atoms with Crippen LogP contribution in [0.2, 0.25) is 0 Å². The average molecular weight is 499 g/mol. The molecule has 2 aromatic heterocycles. The van der Waals surface area contributed by atoms with Crippen LogP contribution in [-0.4, -0.2) is 48.9 Å². The number of ketones is 1. The van der Waals surface area contributed by atoms with Crippen molar-refractivity contribution >= 4 is 28.4 Å². The van der Waals surface area contributed by atoms with Crippen LogP contribution in [0.5, 0.6) is 0 Å². The molecule has 0 amide bonds. The predicted molar refractivity (Wildman–Crippen MR) is 142 cm³/mol. The molecule has 1 aliphatic heterocycles. The highest BCUT2D eigenvalue weighted by atomic mass is 32.2. The monoisotopic (exact) mass is 498 g/mol. The molecule has 184 valence electrons. The molecule has 1 aliphatic rings. The number of carbonyl (C=O) groups excluding carboxylic acids is 1. The van der Waals surface area contributed by atoms with Crippen LogP contribution in [0.15, 0.2) is 66.0 Å². The maximum atomic E-state index is 13.3. The largest absolute Gasteiger partial charge is 0.346 e. The van der Waals surface area contributed by atoms with Gasteiger partial charge >= 0.3 is 0 Å². The fourth-order valence-electron chi connectivity index (χ4n) is 4.82. The first kappa shape index (κ1) is 24.3. The van der Waals surface area contributed by atoms with E-state index in [0.717, 1.165) is 41.5 Å². The van der Waals surface area contributed by atoms with E-state index in [-0.39, 0.29) is 11.5 Å². The highest BCUT2D eigenvalue weighted by Crippen LogP contribution is 2.26. The van der Waals surface area contributed by atoms with Crippen LogP contribution in [-0.2, 0) is 19.6 Å². The van der Waals surface area contributed by atoms with Crippen molar-refractivity contribution in [2.24, 2.45) is 0 Å². The number of nitrogens with zero attached hydrogens (tertiary/aromatic N) is 6. The number of Topliss-reactive ketones (excluding diaryl/α,β-unsaturated/α-hetero) is 1. The van der Waals surface area contributed by atoms with Crippen LogP contribution >= 0.6 is 11.8 Å². The van der Waals surface area contributed by atoms with E-state index in [2.05, 4.69) is 37.9 Å². The van der Waals surface area contributed by atoms with Crippen LogP contribution in [0, 0.1) is 11.3 Å². The van der Waals surface area contributed by atoms with Crippen molar-refractivity contribution in [3.05, 3.63) is 77.7 Å². The highest BCUT2D eigenvalue weighted by Gasteiger charge is 2.20. The summed E-state index contributed by atoms with van der Waals surface area (Å²) in [5.74, 6) is 1.28. The number of fused-ring (bicyclic) bond motifs is 1. The topological polar surface area (TPSA) is 79.7 Å². The zero-order valence-electron chi connectivity index (χ0n) is 20.3. The Kier molecular flexibility index (Phi) is 7.79. The van der Waals surface area contributed by atoms with Crippen LogP contribution in [0.3, 0.4) is 0 Å². The number of nitriles is 1. The van der Waals surface area contributed by atoms with E-state index < -0.39 is 0 Å². The minimum absolute atomic E-state index is 0.0544. The van der Waals surface area contributed by atoms with Crippen molar-refractivity contribution < 1.29 is 4.79 Å². The van der Waals surface area contributed by atoms with Crippen molar-refractivity contribution in [1.82, 2.24) is 24.2 Å². The average Bonchev–Trinajstić information content (AvgIpc) is 3.48. The molecule has 0 N–H and O–H groups in total. The van der Waals surface area contributed by atoms with Gasteiger partial charge in [-0.1, -0.05) is 66.7 Å².